The van der Waals surface area contributed by atoms with Crippen LogP contribution in [0.25, 0.3) is 0 Å². The monoisotopic (exact) mass is 335 g/mol. The first kappa shape index (κ1) is 14.9. The zero-order valence-corrected chi connectivity index (χ0v) is 12.9. The summed E-state index contributed by atoms with van der Waals surface area (Å²) in [5.74, 6) is -0.584. The molecule has 0 aromatic heterocycles. The third-order valence-electron chi connectivity index (χ3n) is 3.34. The fourth-order valence-corrected chi connectivity index (χ4v) is 2.64. The highest BCUT2D eigenvalue weighted by Gasteiger charge is 2.35. The van der Waals surface area contributed by atoms with Crippen molar-refractivity contribution in [2.24, 2.45) is 0 Å². The van der Waals surface area contributed by atoms with Crippen LogP contribution >= 0.6 is 23.2 Å². The van der Waals surface area contributed by atoms with Crippen molar-refractivity contribution < 1.29 is 14.3 Å². The SMILES string of the molecule is O=C1C(=O)N(CCOc2cc(Cl)ccc2Cl)c2ccccc21. The van der Waals surface area contributed by atoms with Crippen molar-refractivity contribution in [2.75, 3.05) is 18.1 Å². The molecule has 112 valence electrons. The lowest BCUT2D eigenvalue weighted by Gasteiger charge is -2.17. The summed E-state index contributed by atoms with van der Waals surface area (Å²) in [6, 6.07) is 11.8. The number of amides is 1. The Hall–Kier alpha value is -2.04. The highest BCUT2D eigenvalue weighted by Crippen LogP contribution is 2.30. The van der Waals surface area contributed by atoms with Crippen molar-refractivity contribution in [1.82, 2.24) is 0 Å². The van der Waals surface area contributed by atoms with Crippen LogP contribution in [0.2, 0.25) is 10.0 Å². The average Bonchev–Trinajstić information content (AvgIpc) is 2.76. The Labute approximate surface area is 137 Å². The standard InChI is InChI=1S/C16H11Cl2NO3/c17-10-5-6-12(18)14(9-10)22-8-7-19-13-4-2-1-3-11(13)15(20)16(19)21/h1-6,9H,7-8H2. The van der Waals surface area contributed by atoms with Gasteiger partial charge in [0.25, 0.3) is 11.7 Å². The van der Waals surface area contributed by atoms with Crippen LogP contribution in [0.4, 0.5) is 5.69 Å². The Morgan fingerprint density at radius 3 is 2.64 bits per heavy atom. The number of hydrogen-bond donors (Lipinski definition) is 0. The van der Waals surface area contributed by atoms with Gasteiger partial charge in [-0.3, -0.25) is 9.59 Å². The number of carbonyl (C=O) groups is 2. The summed E-state index contributed by atoms with van der Waals surface area (Å²) < 4.78 is 5.56. The first-order valence-corrected chi connectivity index (χ1v) is 7.36. The number of ether oxygens (including phenoxy) is 1. The lowest BCUT2D eigenvalue weighted by Crippen LogP contribution is -2.33. The van der Waals surface area contributed by atoms with E-state index in [0.717, 1.165) is 0 Å². The number of benzene rings is 2. The molecule has 1 heterocycles. The molecule has 0 spiro atoms. The van der Waals surface area contributed by atoms with Crippen LogP contribution in [0, 0.1) is 0 Å². The molecule has 4 nitrogen and oxygen atoms in total. The first-order valence-electron chi connectivity index (χ1n) is 6.61. The quantitative estimate of drug-likeness (QED) is 0.802. The minimum Gasteiger partial charge on any atom is -0.490 e. The lowest BCUT2D eigenvalue weighted by molar-refractivity contribution is -0.114. The van der Waals surface area contributed by atoms with E-state index >= 15 is 0 Å². The summed E-state index contributed by atoms with van der Waals surface area (Å²) in [5, 5.41) is 0.950. The number of hydrogen-bond acceptors (Lipinski definition) is 3. The van der Waals surface area contributed by atoms with E-state index in [4.69, 9.17) is 27.9 Å². The van der Waals surface area contributed by atoms with Gasteiger partial charge < -0.3 is 9.64 Å². The summed E-state index contributed by atoms with van der Waals surface area (Å²) in [4.78, 5) is 25.3. The fraction of sp³-hybridized carbons (Fsp3) is 0.125. The second-order valence-electron chi connectivity index (χ2n) is 4.73. The Morgan fingerprint density at radius 1 is 1.05 bits per heavy atom. The maximum Gasteiger partial charge on any atom is 0.299 e. The van der Waals surface area contributed by atoms with Crippen molar-refractivity contribution in [3.8, 4) is 5.75 Å². The predicted octanol–water partition coefficient (Wildman–Crippen LogP) is 3.60. The van der Waals surface area contributed by atoms with Gasteiger partial charge in [0.1, 0.15) is 12.4 Å². The molecule has 1 aliphatic heterocycles. The molecule has 22 heavy (non-hydrogen) atoms. The van der Waals surface area contributed by atoms with Crippen molar-refractivity contribution >= 4 is 40.6 Å². The molecule has 0 radical (unpaired) electrons. The zero-order valence-electron chi connectivity index (χ0n) is 11.4. The molecule has 1 amide bonds. The van der Waals surface area contributed by atoms with Gasteiger partial charge in [-0.2, -0.15) is 0 Å². The van der Waals surface area contributed by atoms with E-state index in [0.29, 0.717) is 27.0 Å². The van der Waals surface area contributed by atoms with E-state index in [1.54, 1.807) is 42.5 Å². The molecule has 0 saturated heterocycles. The highest BCUT2D eigenvalue weighted by atomic mass is 35.5. The van der Waals surface area contributed by atoms with Crippen molar-refractivity contribution in [3.63, 3.8) is 0 Å². The van der Waals surface area contributed by atoms with Gasteiger partial charge in [0.15, 0.2) is 0 Å². The molecule has 3 rings (SSSR count). The molecule has 0 aliphatic carbocycles. The van der Waals surface area contributed by atoms with E-state index in [1.165, 1.54) is 4.90 Å². The third-order valence-corrected chi connectivity index (χ3v) is 3.89. The molecule has 0 N–H and O–H groups in total. The second-order valence-corrected chi connectivity index (χ2v) is 5.57. The molecule has 2 aromatic carbocycles. The normalized spacial score (nSPS) is 13.5. The number of para-hydroxylation sites is 1. The maximum atomic E-state index is 12.0. The van der Waals surface area contributed by atoms with Gasteiger partial charge in [-0.05, 0) is 24.3 Å². The lowest BCUT2D eigenvalue weighted by atomic mass is 10.1. The summed E-state index contributed by atoms with van der Waals surface area (Å²) >= 11 is 11.9. The highest BCUT2D eigenvalue weighted by molar-refractivity contribution is 6.52. The molecular formula is C16H11Cl2NO3. The summed E-state index contributed by atoms with van der Waals surface area (Å²) in [5.41, 5.74) is 1.03. The van der Waals surface area contributed by atoms with Crippen LogP contribution in [0.3, 0.4) is 0 Å². The van der Waals surface area contributed by atoms with Gasteiger partial charge >= 0.3 is 0 Å². The number of ketones is 1. The number of anilines is 1. The molecule has 0 saturated carbocycles. The topological polar surface area (TPSA) is 46.6 Å². The molecule has 0 unspecified atom stereocenters. The van der Waals surface area contributed by atoms with E-state index in [2.05, 4.69) is 0 Å². The maximum absolute atomic E-state index is 12.0. The van der Waals surface area contributed by atoms with Crippen LogP contribution in [-0.2, 0) is 4.79 Å². The van der Waals surface area contributed by atoms with Gasteiger partial charge in [0.2, 0.25) is 0 Å². The number of carbonyl (C=O) groups excluding carboxylic acids is 2. The zero-order chi connectivity index (χ0) is 15.7. The number of nitrogens with zero attached hydrogens (tertiary/aromatic N) is 1. The average molecular weight is 336 g/mol. The van der Waals surface area contributed by atoms with E-state index in [-0.39, 0.29) is 13.2 Å². The predicted molar refractivity (Wildman–Crippen MR) is 85.1 cm³/mol. The van der Waals surface area contributed by atoms with Gasteiger partial charge in [-0.15, -0.1) is 0 Å². The van der Waals surface area contributed by atoms with Crippen molar-refractivity contribution in [2.45, 2.75) is 0 Å². The van der Waals surface area contributed by atoms with Gasteiger partial charge in [0, 0.05) is 11.1 Å². The molecule has 0 fully saturated rings. The second kappa shape index (κ2) is 5.99. The molecular weight excluding hydrogens is 325 g/mol. The fourth-order valence-electron chi connectivity index (χ4n) is 2.30. The number of Topliss-reactive ketones (excluding diaryl/α,β-unsaturated/α-hetero) is 1. The van der Waals surface area contributed by atoms with Crippen LogP contribution in [0.15, 0.2) is 42.5 Å². The molecule has 6 heteroatoms. The van der Waals surface area contributed by atoms with E-state index in [1.807, 2.05) is 0 Å². The minimum atomic E-state index is -0.540. The van der Waals surface area contributed by atoms with Crippen molar-refractivity contribution in [3.05, 3.63) is 58.1 Å². The molecule has 1 aliphatic rings. The Bertz CT molecular complexity index is 761. The molecule has 0 atom stereocenters. The summed E-state index contributed by atoms with van der Waals surface area (Å²) in [7, 11) is 0. The van der Waals surface area contributed by atoms with Crippen LogP contribution in [0.1, 0.15) is 10.4 Å². The number of halogens is 2. The Kier molecular flexibility index (Phi) is 4.05. The van der Waals surface area contributed by atoms with Gasteiger partial charge in [-0.1, -0.05) is 35.3 Å². The van der Waals surface area contributed by atoms with Crippen LogP contribution < -0.4 is 9.64 Å². The molecule has 2 aromatic rings. The minimum absolute atomic E-state index is 0.202. The van der Waals surface area contributed by atoms with Crippen LogP contribution in [-0.4, -0.2) is 24.8 Å². The Morgan fingerprint density at radius 2 is 1.82 bits per heavy atom. The van der Waals surface area contributed by atoms with E-state index in [9.17, 15) is 9.59 Å². The summed E-state index contributed by atoms with van der Waals surface area (Å²) in [6.07, 6.45) is 0. The molecule has 0 bridgehead atoms. The van der Waals surface area contributed by atoms with Crippen LogP contribution in [0.5, 0.6) is 5.75 Å². The Balaban J connectivity index is 1.71. The third kappa shape index (κ3) is 2.67. The van der Waals surface area contributed by atoms with Gasteiger partial charge in [-0.25, -0.2) is 0 Å². The largest absolute Gasteiger partial charge is 0.490 e. The first-order chi connectivity index (χ1) is 10.6. The number of fused-ring (bicyclic) bond motifs is 1. The van der Waals surface area contributed by atoms with Crippen molar-refractivity contribution in [1.29, 1.82) is 0 Å². The van der Waals surface area contributed by atoms with Gasteiger partial charge in [0.05, 0.1) is 22.8 Å². The number of rotatable bonds is 4. The smallest absolute Gasteiger partial charge is 0.299 e. The summed E-state index contributed by atoms with van der Waals surface area (Å²) in [6.45, 7) is 0.456. The van der Waals surface area contributed by atoms with E-state index < -0.39 is 11.7 Å².